The van der Waals surface area contributed by atoms with Crippen LogP contribution < -0.4 is 10.5 Å². The van der Waals surface area contributed by atoms with Crippen LogP contribution in [0.15, 0.2) is 41.2 Å². The fourth-order valence-electron chi connectivity index (χ4n) is 3.03. The predicted molar refractivity (Wildman–Crippen MR) is 87.1 cm³/mol. The molecule has 1 aromatic heterocycles. The number of nitrogens with zero attached hydrogens (tertiary/aromatic N) is 3. The van der Waals surface area contributed by atoms with Crippen molar-refractivity contribution in [2.24, 2.45) is 0 Å². The maximum Gasteiger partial charge on any atom is 0.271 e. The average Bonchev–Trinajstić information content (AvgIpc) is 3.06. The topological polar surface area (TPSA) is 49.0 Å². The highest BCUT2D eigenvalue weighted by Crippen LogP contribution is 2.23. The molecule has 0 atom stereocenters. The van der Waals surface area contributed by atoms with Gasteiger partial charge in [0.2, 0.25) is 0 Å². The molecule has 0 amide bonds. The molecule has 1 aliphatic heterocycles. The molecular formula is C18H19N3O. The van der Waals surface area contributed by atoms with E-state index >= 15 is 0 Å². The fourth-order valence-corrected chi connectivity index (χ4v) is 3.03. The van der Waals surface area contributed by atoms with Crippen molar-refractivity contribution in [3.63, 3.8) is 0 Å². The van der Waals surface area contributed by atoms with E-state index < -0.39 is 0 Å². The van der Waals surface area contributed by atoms with Gasteiger partial charge in [-0.1, -0.05) is 30.3 Å². The molecular weight excluding hydrogens is 274 g/mol. The normalized spacial score (nSPS) is 14.1. The van der Waals surface area contributed by atoms with Crippen LogP contribution in [0.4, 0.5) is 5.69 Å². The smallest absolute Gasteiger partial charge is 0.271 e. The highest BCUT2D eigenvalue weighted by atomic mass is 16.1. The number of benzene rings is 1. The molecule has 1 saturated heterocycles. The molecule has 0 aliphatic carbocycles. The SMILES string of the molecule is Cc1cc(N2CCCC2)c(C#N)c(=O)n1Cc1ccccc1. The van der Waals surface area contributed by atoms with Crippen LogP contribution in [0.25, 0.3) is 0 Å². The van der Waals surface area contributed by atoms with Crippen molar-refractivity contribution >= 4 is 5.69 Å². The van der Waals surface area contributed by atoms with Crippen molar-refractivity contribution in [3.8, 4) is 6.07 Å². The molecule has 1 aliphatic rings. The number of rotatable bonds is 3. The molecule has 4 nitrogen and oxygen atoms in total. The second-order valence-electron chi connectivity index (χ2n) is 5.73. The monoisotopic (exact) mass is 293 g/mol. The Labute approximate surface area is 130 Å². The van der Waals surface area contributed by atoms with Crippen molar-refractivity contribution < 1.29 is 0 Å². The minimum Gasteiger partial charge on any atom is -0.370 e. The molecule has 2 heterocycles. The van der Waals surface area contributed by atoms with Crippen molar-refractivity contribution in [3.05, 3.63) is 63.6 Å². The number of anilines is 1. The van der Waals surface area contributed by atoms with E-state index in [1.54, 1.807) is 4.57 Å². The molecule has 22 heavy (non-hydrogen) atoms. The molecule has 4 heteroatoms. The van der Waals surface area contributed by atoms with E-state index in [1.165, 1.54) is 0 Å². The molecule has 3 rings (SSSR count). The summed E-state index contributed by atoms with van der Waals surface area (Å²) in [7, 11) is 0. The number of hydrogen-bond acceptors (Lipinski definition) is 3. The first-order valence-corrected chi connectivity index (χ1v) is 7.64. The quantitative estimate of drug-likeness (QED) is 0.874. The van der Waals surface area contributed by atoms with Crippen LogP contribution in [0.2, 0.25) is 0 Å². The Morgan fingerprint density at radius 3 is 2.50 bits per heavy atom. The molecule has 1 aromatic carbocycles. The van der Waals surface area contributed by atoms with Crippen LogP contribution in [-0.4, -0.2) is 17.7 Å². The van der Waals surface area contributed by atoms with Crippen molar-refractivity contribution in [2.75, 3.05) is 18.0 Å². The molecule has 0 saturated carbocycles. The predicted octanol–water partition coefficient (Wildman–Crippen LogP) is 2.68. The third-order valence-electron chi connectivity index (χ3n) is 4.23. The fraction of sp³-hybridized carbons (Fsp3) is 0.333. The maximum absolute atomic E-state index is 12.7. The third-order valence-corrected chi connectivity index (χ3v) is 4.23. The Bertz CT molecular complexity index is 765. The zero-order chi connectivity index (χ0) is 15.5. The van der Waals surface area contributed by atoms with Gasteiger partial charge in [0.05, 0.1) is 12.2 Å². The van der Waals surface area contributed by atoms with E-state index in [2.05, 4.69) is 11.0 Å². The van der Waals surface area contributed by atoms with Crippen LogP contribution >= 0.6 is 0 Å². The molecule has 0 N–H and O–H groups in total. The molecule has 0 unspecified atom stereocenters. The van der Waals surface area contributed by atoms with Gasteiger partial charge in [-0.15, -0.1) is 0 Å². The van der Waals surface area contributed by atoms with Gasteiger partial charge in [-0.2, -0.15) is 5.26 Å². The molecule has 0 spiro atoms. The summed E-state index contributed by atoms with van der Waals surface area (Å²) in [5, 5.41) is 9.45. The van der Waals surface area contributed by atoms with Crippen LogP contribution in [-0.2, 0) is 6.54 Å². The lowest BCUT2D eigenvalue weighted by atomic mass is 10.1. The van der Waals surface area contributed by atoms with Crippen LogP contribution in [0, 0.1) is 18.3 Å². The summed E-state index contributed by atoms with van der Waals surface area (Å²) in [6, 6.07) is 14.0. The van der Waals surface area contributed by atoms with Crippen LogP contribution in [0.3, 0.4) is 0 Å². The summed E-state index contributed by atoms with van der Waals surface area (Å²) < 4.78 is 1.69. The molecule has 0 bridgehead atoms. The van der Waals surface area contributed by atoms with Gasteiger partial charge in [-0.3, -0.25) is 4.79 Å². The summed E-state index contributed by atoms with van der Waals surface area (Å²) in [6.45, 7) is 4.29. The Kier molecular flexibility index (Phi) is 3.97. The van der Waals surface area contributed by atoms with Crippen LogP contribution in [0.5, 0.6) is 0 Å². The lowest BCUT2D eigenvalue weighted by Gasteiger charge is -2.21. The minimum absolute atomic E-state index is 0.187. The second kappa shape index (κ2) is 6.07. The lowest BCUT2D eigenvalue weighted by Crippen LogP contribution is -2.29. The number of aromatic nitrogens is 1. The Balaban J connectivity index is 2.05. The standard InChI is InChI=1S/C18H19N3O/c1-14-11-17(20-9-5-6-10-20)16(12-19)18(22)21(14)13-15-7-3-2-4-8-15/h2-4,7-8,11H,5-6,9-10,13H2,1H3. The van der Waals surface area contributed by atoms with Gasteiger partial charge in [0.15, 0.2) is 0 Å². The first kappa shape index (κ1) is 14.4. The van der Waals surface area contributed by atoms with E-state index in [-0.39, 0.29) is 11.1 Å². The summed E-state index contributed by atoms with van der Waals surface area (Å²) in [6.07, 6.45) is 2.24. The van der Waals surface area contributed by atoms with E-state index in [1.807, 2.05) is 43.3 Å². The van der Waals surface area contributed by atoms with E-state index in [9.17, 15) is 10.1 Å². The summed E-state index contributed by atoms with van der Waals surface area (Å²) >= 11 is 0. The second-order valence-corrected chi connectivity index (χ2v) is 5.73. The number of nitriles is 1. The van der Waals surface area contributed by atoms with Gasteiger partial charge in [0, 0.05) is 18.8 Å². The van der Waals surface area contributed by atoms with Gasteiger partial charge in [0.1, 0.15) is 11.6 Å². The highest BCUT2D eigenvalue weighted by Gasteiger charge is 2.20. The largest absolute Gasteiger partial charge is 0.370 e. The van der Waals surface area contributed by atoms with E-state index in [0.29, 0.717) is 6.54 Å². The Morgan fingerprint density at radius 2 is 1.86 bits per heavy atom. The number of hydrogen-bond donors (Lipinski definition) is 0. The molecule has 1 fully saturated rings. The first-order valence-electron chi connectivity index (χ1n) is 7.64. The van der Waals surface area contributed by atoms with Crippen LogP contribution in [0.1, 0.15) is 29.7 Å². The molecule has 2 aromatic rings. The average molecular weight is 293 g/mol. The van der Waals surface area contributed by atoms with Gasteiger partial charge in [-0.05, 0) is 31.4 Å². The Morgan fingerprint density at radius 1 is 1.18 bits per heavy atom. The van der Waals surface area contributed by atoms with Gasteiger partial charge in [-0.25, -0.2) is 0 Å². The highest BCUT2D eigenvalue weighted by molar-refractivity contribution is 5.59. The van der Waals surface area contributed by atoms with Crippen molar-refractivity contribution in [2.45, 2.75) is 26.3 Å². The van der Waals surface area contributed by atoms with E-state index in [4.69, 9.17) is 0 Å². The first-order chi connectivity index (χ1) is 10.7. The van der Waals surface area contributed by atoms with Gasteiger partial charge < -0.3 is 9.47 Å². The van der Waals surface area contributed by atoms with E-state index in [0.717, 1.165) is 42.9 Å². The molecule has 112 valence electrons. The van der Waals surface area contributed by atoms with Gasteiger partial charge >= 0.3 is 0 Å². The zero-order valence-corrected chi connectivity index (χ0v) is 12.7. The maximum atomic E-state index is 12.7. The lowest BCUT2D eigenvalue weighted by molar-refractivity contribution is 0.725. The Hall–Kier alpha value is -2.54. The minimum atomic E-state index is -0.187. The molecule has 0 radical (unpaired) electrons. The van der Waals surface area contributed by atoms with Crippen molar-refractivity contribution in [1.29, 1.82) is 5.26 Å². The summed E-state index contributed by atoms with van der Waals surface area (Å²) in [4.78, 5) is 14.9. The third kappa shape index (κ3) is 2.62. The summed E-state index contributed by atoms with van der Waals surface area (Å²) in [5.74, 6) is 0. The van der Waals surface area contributed by atoms with Gasteiger partial charge in [0.25, 0.3) is 5.56 Å². The van der Waals surface area contributed by atoms with Crippen molar-refractivity contribution in [1.82, 2.24) is 4.57 Å². The number of aryl methyl sites for hydroxylation is 1. The summed E-state index contributed by atoms with van der Waals surface area (Å²) in [5.41, 5.74) is 2.84. The number of pyridine rings is 1. The zero-order valence-electron chi connectivity index (χ0n) is 12.7.